The lowest BCUT2D eigenvalue weighted by Gasteiger charge is -2.17. The van der Waals surface area contributed by atoms with Gasteiger partial charge in [0.2, 0.25) is 5.90 Å². The van der Waals surface area contributed by atoms with Crippen molar-refractivity contribution in [2.75, 3.05) is 7.11 Å². The normalized spacial score (nSPS) is 17.9. The zero-order valence-electron chi connectivity index (χ0n) is 9.48. The van der Waals surface area contributed by atoms with Gasteiger partial charge in [-0.15, -0.1) is 0 Å². The summed E-state index contributed by atoms with van der Waals surface area (Å²) in [4.78, 5) is 4.83. The smallest absolute Gasteiger partial charge is 0.223 e. The van der Waals surface area contributed by atoms with Gasteiger partial charge in [-0.05, 0) is 32.0 Å². The van der Waals surface area contributed by atoms with Gasteiger partial charge in [0.15, 0.2) is 10.6 Å². The van der Waals surface area contributed by atoms with Gasteiger partial charge in [-0.25, -0.2) is 4.99 Å². The number of nitrogens with zero attached hydrogens (tertiary/aromatic N) is 1. The van der Waals surface area contributed by atoms with E-state index in [1.54, 1.807) is 7.11 Å². The molecule has 0 aliphatic carbocycles. The molecule has 4 heteroatoms. The van der Waals surface area contributed by atoms with Gasteiger partial charge in [0.25, 0.3) is 0 Å². The molecule has 0 saturated heterocycles. The topological polar surface area (TPSA) is 30.8 Å². The standard InChI is InChI=1S/C12H13NO2S/c1-12(2)11(16)13-10(15-12)8-5-4-6-9(7-8)14-3/h4-7H,1-3H3. The van der Waals surface area contributed by atoms with E-state index in [4.69, 9.17) is 21.7 Å². The summed E-state index contributed by atoms with van der Waals surface area (Å²) in [5, 5.41) is 0. The molecule has 0 atom stereocenters. The van der Waals surface area contributed by atoms with E-state index in [-0.39, 0.29) is 0 Å². The number of thiocarbonyl (C=S) groups is 1. The molecule has 0 unspecified atom stereocenters. The third-order valence-corrected chi connectivity index (χ3v) is 2.97. The number of hydrogen-bond acceptors (Lipinski definition) is 3. The Morgan fingerprint density at radius 3 is 2.69 bits per heavy atom. The second kappa shape index (κ2) is 3.87. The van der Waals surface area contributed by atoms with Crippen LogP contribution in [0.3, 0.4) is 0 Å². The van der Waals surface area contributed by atoms with Crippen molar-refractivity contribution in [3.8, 4) is 5.75 Å². The Morgan fingerprint density at radius 2 is 2.12 bits per heavy atom. The lowest BCUT2D eigenvalue weighted by atomic mass is 10.1. The lowest BCUT2D eigenvalue weighted by Crippen LogP contribution is -2.27. The van der Waals surface area contributed by atoms with Crippen LogP contribution in [0.2, 0.25) is 0 Å². The third kappa shape index (κ3) is 1.93. The van der Waals surface area contributed by atoms with Gasteiger partial charge >= 0.3 is 0 Å². The van der Waals surface area contributed by atoms with Gasteiger partial charge in [0.05, 0.1) is 7.11 Å². The molecule has 0 spiro atoms. The Hall–Kier alpha value is -1.42. The van der Waals surface area contributed by atoms with Crippen molar-refractivity contribution >= 4 is 23.1 Å². The van der Waals surface area contributed by atoms with E-state index in [1.807, 2.05) is 38.1 Å². The van der Waals surface area contributed by atoms with E-state index in [9.17, 15) is 0 Å². The summed E-state index contributed by atoms with van der Waals surface area (Å²) < 4.78 is 10.8. The van der Waals surface area contributed by atoms with Crippen LogP contribution in [0.15, 0.2) is 29.3 Å². The molecule has 1 aliphatic rings. The van der Waals surface area contributed by atoms with Crippen molar-refractivity contribution in [2.45, 2.75) is 19.4 Å². The highest BCUT2D eigenvalue weighted by Crippen LogP contribution is 2.25. The SMILES string of the molecule is COc1cccc(C2=NC(=S)C(C)(C)O2)c1. The minimum atomic E-state index is -0.492. The number of aliphatic imine (C=N–C) groups is 1. The molecule has 0 radical (unpaired) electrons. The van der Waals surface area contributed by atoms with Crippen molar-refractivity contribution in [1.82, 2.24) is 0 Å². The molecule has 0 amide bonds. The van der Waals surface area contributed by atoms with Crippen molar-refractivity contribution in [3.05, 3.63) is 29.8 Å². The van der Waals surface area contributed by atoms with E-state index in [0.717, 1.165) is 11.3 Å². The Morgan fingerprint density at radius 1 is 1.38 bits per heavy atom. The van der Waals surface area contributed by atoms with Crippen LogP contribution >= 0.6 is 12.2 Å². The fourth-order valence-electron chi connectivity index (χ4n) is 1.41. The highest BCUT2D eigenvalue weighted by molar-refractivity contribution is 7.80. The van der Waals surface area contributed by atoms with Gasteiger partial charge in [-0.1, -0.05) is 18.3 Å². The summed E-state index contributed by atoms with van der Waals surface area (Å²) in [6.07, 6.45) is 0. The van der Waals surface area contributed by atoms with E-state index < -0.39 is 5.60 Å². The van der Waals surface area contributed by atoms with Crippen LogP contribution in [0.5, 0.6) is 5.75 Å². The molecule has 3 nitrogen and oxygen atoms in total. The highest BCUT2D eigenvalue weighted by atomic mass is 32.1. The number of benzene rings is 1. The van der Waals surface area contributed by atoms with Crippen molar-refractivity contribution < 1.29 is 9.47 Å². The minimum absolute atomic E-state index is 0.492. The third-order valence-electron chi connectivity index (χ3n) is 2.39. The van der Waals surface area contributed by atoms with Gasteiger partial charge in [-0.2, -0.15) is 0 Å². The van der Waals surface area contributed by atoms with Crippen molar-refractivity contribution in [1.29, 1.82) is 0 Å². The summed E-state index contributed by atoms with van der Waals surface area (Å²) in [6, 6.07) is 7.57. The molecule has 0 saturated carbocycles. The lowest BCUT2D eigenvalue weighted by molar-refractivity contribution is 0.184. The summed E-state index contributed by atoms with van der Waals surface area (Å²) in [5.41, 5.74) is 0.389. The first-order valence-electron chi connectivity index (χ1n) is 4.99. The zero-order valence-corrected chi connectivity index (χ0v) is 10.3. The molecule has 1 heterocycles. The van der Waals surface area contributed by atoms with Gasteiger partial charge < -0.3 is 9.47 Å². The van der Waals surface area contributed by atoms with Crippen LogP contribution in [0.1, 0.15) is 19.4 Å². The second-order valence-corrected chi connectivity index (χ2v) is 4.45. The molecular weight excluding hydrogens is 222 g/mol. The molecule has 0 fully saturated rings. The summed E-state index contributed by atoms with van der Waals surface area (Å²) in [7, 11) is 1.63. The monoisotopic (exact) mass is 235 g/mol. The first kappa shape index (κ1) is 11.1. The Labute approximate surface area is 100 Å². The largest absolute Gasteiger partial charge is 0.497 e. The van der Waals surface area contributed by atoms with Crippen molar-refractivity contribution in [2.24, 2.45) is 4.99 Å². The Kier molecular flexibility index (Phi) is 2.68. The fourth-order valence-corrected chi connectivity index (χ4v) is 1.54. The van der Waals surface area contributed by atoms with Crippen molar-refractivity contribution in [3.63, 3.8) is 0 Å². The average Bonchev–Trinajstić information content (AvgIpc) is 2.54. The van der Waals surface area contributed by atoms with Gasteiger partial charge in [0.1, 0.15) is 5.75 Å². The molecule has 0 aromatic heterocycles. The summed E-state index contributed by atoms with van der Waals surface area (Å²) >= 11 is 5.15. The predicted octanol–water partition coefficient (Wildman–Crippen LogP) is 2.58. The van der Waals surface area contributed by atoms with E-state index >= 15 is 0 Å². The van der Waals surface area contributed by atoms with Gasteiger partial charge in [-0.3, -0.25) is 0 Å². The molecule has 0 bridgehead atoms. The van der Waals surface area contributed by atoms with Crippen LogP contribution in [0, 0.1) is 0 Å². The van der Waals surface area contributed by atoms with Gasteiger partial charge in [0, 0.05) is 5.56 Å². The number of methoxy groups -OCH3 is 1. The second-order valence-electron chi connectivity index (χ2n) is 4.07. The molecular formula is C12H13NO2S. The Balaban J connectivity index is 2.33. The Bertz CT molecular complexity index is 466. The molecule has 1 aromatic rings. The van der Waals surface area contributed by atoms with Crippen LogP contribution in [-0.2, 0) is 4.74 Å². The molecule has 0 N–H and O–H groups in total. The maximum Gasteiger partial charge on any atom is 0.223 e. The van der Waals surface area contributed by atoms with E-state index in [0.29, 0.717) is 10.9 Å². The average molecular weight is 235 g/mol. The van der Waals surface area contributed by atoms with E-state index in [2.05, 4.69) is 4.99 Å². The maximum atomic E-state index is 5.70. The predicted molar refractivity (Wildman–Crippen MR) is 67.3 cm³/mol. The fraction of sp³-hybridized carbons (Fsp3) is 0.333. The molecule has 1 aliphatic heterocycles. The number of rotatable bonds is 2. The zero-order chi connectivity index (χ0) is 11.8. The molecule has 2 rings (SSSR count). The summed E-state index contributed by atoms with van der Waals surface area (Å²) in [6.45, 7) is 3.82. The highest BCUT2D eigenvalue weighted by Gasteiger charge is 2.34. The van der Waals surface area contributed by atoms with Crippen LogP contribution in [0.4, 0.5) is 0 Å². The van der Waals surface area contributed by atoms with E-state index in [1.165, 1.54) is 0 Å². The van der Waals surface area contributed by atoms with Crippen LogP contribution in [-0.4, -0.2) is 23.6 Å². The number of hydrogen-bond donors (Lipinski definition) is 0. The summed E-state index contributed by atoms with van der Waals surface area (Å²) in [5.74, 6) is 1.34. The first-order valence-corrected chi connectivity index (χ1v) is 5.40. The minimum Gasteiger partial charge on any atom is -0.497 e. The van der Waals surface area contributed by atoms with Crippen LogP contribution < -0.4 is 4.74 Å². The molecule has 16 heavy (non-hydrogen) atoms. The first-order chi connectivity index (χ1) is 7.53. The quantitative estimate of drug-likeness (QED) is 0.738. The molecule has 84 valence electrons. The maximum absolute atomic E-state index is 5.70. The molecule has 1 aromatic carbocycles. The number of ether oxygens (including phenoxy) is 2. The van der Waals surface area contributed by atoms with Crippen LogP contribution in [0.25, 0.3) is 0 Å².